The van der Waals surface area contributed by atoms with Crippen LogP contribution in [0.2, 0.25) is 0 Å². The quantitative estimate of drug-likeness (QED) is 0.717. The zero-order valence-corrected chi connectivity index (χ0v) is 14.4. The van der Waals surface area contributed by atoms with Gasteiger partial charge in [-0.25, -0.2) is 0 Å². The number of carbonyl (C=O) groups excluding carboxylic acids is 2. The third-order valence-electron chi connectivity index (χ3n) is 3.27. The summed E-state index contributed by atoms with van der Waals surface area (Å²) in [4.78, 5) is 21.7. The lowest BCUT2D eigenvalue weighted by atomic mass is 10.00. The highest BCUT2D eigenvalue weighted by Gasteiger charge is 2.20. The Morgan fingerprint density at radius 1 is 0.650 bits per heavy atom. The number of rotatable bonds is 0. The predicted molar refractivity (Wildman–Crippen MR) is 87.1 cm³/mol. The topological polar surface area (TPSA) is 58.2 Å². The van der Waals surface area contributed by atoms with Crippen LogP contribution in [0.4, 0.5) is 0 Å². The molecule has 0 bridgehead atoms. The van der Waals surface area contributed by atoms with Gasteiger partial charge in [0.1, 0.15) is 11.6 Å². The summed E-state index contributed by atoms with van der Waals surface area (Å²) in [5, 5.41) is 6.58. The van der Waals surface area contributed by atoms with E-state index < -0.39 is 0 Å². The minimum Gasteiger partial charge on any atom is -0.311 e. The van der Waals surface area contributed by atoms with E-state index in [1.165, 1.54) is 0 Å². The average molecular weight is 327 g/mol. The monoisotopic (exact) mass is 326 g/mol. The number of carbonyl (C=O) groups is 2. The standard InChI is InChI=1S/2C7H13NO.2ClH/c2*1-5-3-7(9)4-6(2)8-5;;/h2*5-6,8H,3-4H2,1-2H3;2*1H/t2*5-,6+;;. The SMILES string of the molecule is C[C@@H]1CC(=O)C[C@H](C)N1.C[C@@H]1CC(=O)C[C@H](C)N1.Cl.Cl. The zero-order chi connectivity index (χ0) is 13.7. The van der Waals surface area contributed by atoms with Crippen LogP contribution in [0.15, 0.2) is 0 Å². The van der Waals surface area contributed by atoms with E-state index in [0.29, 0.717) is 61.4 Å². The van der Waals surface area contributed by atoms with Crippen LogP contribution in [0.1, 0.15) is 53.4 Å². The van der Waals surface area contributed by atoms with Crippen molar-refractivity contribution in [3.8, 4) is 0 Å². The Balaban J connectivity index is 0. The molecule has 0 aromatic heterocycles. The van der Waals surface area contributed by atoms with Crippen LogP contribution in [-0.2, 0) is 9.59 Å². The third-order valence-corrected chi connectivity index (χ3v) is 3.27. The van der Waals surface area contributed by atoms with Gasteiger partial charge < -0.3 is 10.6 Å². The second kappa shape index (κ2) is 10.6. The van der Waals surface area contributed by atoms with Crippen molar-refractivity contribution in [2.45, 2.75) is 77.5 Å². The third kappa shape index (κ3) is 8.90. The first-order chi connectivity index (χ1) is 8.36. The maximum Gasteiger partial charge on any atom is 0.135 e. The Kier molecular flexibility index (Phi) is 11.7. The molecule has 2 heterocycles. The first kappa shape index (κ1) is 22.1. The summed E-state index contributed by atoms with van der Waals surface area (Å²) in [6.07, 6.45) is 2.85. The Morgan fingerprint density at radius 3 is 1.00 bits per heavy atom. The van der Waals surface area contributed by atoms with Crippen molar-refractivity contribution in [3.05, 3.63) is 0 Å². The van der Waals surface area contributed by atoms with E-state index in [4.69, 9.17) is 0 Å². The Labute approximate surface area is 134 Å². The van der Waals surface area contributed by atoms with E-state index in [9.17, 15) is 9.59 Å². The van der Waals surface area contributed by atoms with E-state index >= 15 is 0 Å². The van der Waals surface area contributed by atoms with Crippen LogP contribution < -0.4 is 10.6 Å². The number of halogens is 2. The number of hydrogen-bond acceptors (Lipinski definition) is 4. The number of hydrogen-bond donors (Lipinski definition) is 2. The Morgan fingerprint density at radius 2 is 0.850 bits per heavy atom. The highest BCUT2D eigenvalue weighted by Crippen LogP contribution is 2.08. The predicted octanol–water partition coefficient (Wildman–Crippen LogP) is 2.28. The van der Waals surface area contributed by atoms with Crippen molar-refractivity contribution in [1.29, 1.82) is 0 Å². The van der Waals surface area contributed by atoms with Gasteiger partial charge in [-0.15, -0.1) is 24.8 Å². The molecule has 2 rings (SSSR count). The second-order valence-electron chi connectivity index (χ2n) is 5.83. The molecular weight excluding hydrogens is 299 g/mol. The van der Waals surface area contributed by atoms with Gasteiger partial charge in [0.15, 0.2) is 0 Å². The van der Waals surface area contributed by atoms with Crippen LogP contribution in [0, 0.1) is 0 Å². The molecule has 4 atom stereocenters. The molecule has 2 fully saturated rings. The van der Waals surface area contributed by atoms with Gasteiger partial charge in [-0.1, -0.05) is 0 Å². The molecule has 0 aromatic carbocycles. The number of piperidine rings is 2. The summed E-state index contributed by atoms with van der Waals surface area (Å²) in [7, 11) is 0. The second-order valence-corrected chi connectivity index (χ2v) is 5.83. The van der Waals surface area contributed by atoms with Gasteiger partial charge in [0.05, 0.1) is 0 Å². The summed E-state index contributed by atoms with van der Waals surface area (Å²) >= 11 is 0. The first-order valence-electron chi connectivity index (χ1n) is 6.92. The minimum atomic E-state index is 0. The van der Waals surface area contributed by atoms with Crippen molar-refractivity contribution in [3.63, 3.8) is 0 Å². The molecule has 2 aliphatic rings. The molecule has 4 nitrogen and oxygen atoms in total. The fourth-order valence-electron chi connectivity index (χ4n) is 2.74. The Bertz CT molecular complexity index is 260. The van der Waals surface area contributed by atoms with Crippen molar-refractivity contribution in [1.82, 2.24) is 10.6 Å². The van der Waals surface area contributed by atoms with E-state index in [-0.39, 0.29) is 24.8 Å². The molecule has 6 heteroatoms. The normalized spacial score (nSPS) is 33.2. The number of ketones is 2. The van der Waals surface area contributed by atoms with Gasteiger partial charge in [0.25, 0.3) is 0 Å². The van der Waals surface area contributed by atoms with Gasteiger partial charge in [-0.2, -0.15) is 0 Å². The van der Waals surface area contributed by atoms with Gasteiger partial charge >= 0.3 is 0 Å². The van der Waals surface area contributed by atoms with Crippen LogP contribution >= 0.6 is 24.8 Å². The lowest BCUT2D eigenvalue weighted by Crippen LogP contribution is -2.42. The fourth-order valence-corrected chi connectivity index (χ4v) is 2.74. The molecular formula is C14H28Cl2N2O2. The molecule has 2 aliphatic heterocycles. The molecule has 0 aromatic rings. The Hall–Kier alpha value is -0.160. The zero-order valence-electron chi connectivity index (χ0n) is 12.8. The van der Waals surface area contributed by atoms with Gasteiger partial charge in [-0.05, 0) is 27.7 Å². The fraction of sp³-hybridized carbons (Fsp3) is 0.857. The number of Topliss-reactive ketones (excluding diaryl/α,β-unsaturated/α-hetero) is 2. The van der Waals surface area contributed by atoms with Crippen LogP contribution in [0.5, 0.6) is 0 Å². The van der Waals surface area contributed by atoms with Crippen LogP contribution in [0.25, 0.3) is 0 Å². The molecule has 0 unspecified atom stereocenters. The first-order valence-corrected chi connectivity index (χ1v) is 6.92. The largest absolute Gasteiger partial charge is 0.311 e. The van der Waals surface area contributed by atoms with E-state index in [0.717, 1.165) is 0 Å². The van der Waals surface area contributed by atoms with Gasteiger partial charge in [0, 0.05) is 49.9 Å². The lowest BCUT2D eigenvalue weighted by Gasteiger charge is -2.24. The summed E-state index contributed by atoms with van der Waals surface area (Å²) < 4.78 is 0. The van der Waals surface area contributed by atoms with Crippen molar-refractivity contribution >= 4 is 36.4 Å². The average Bonchev–Trinajstić information content (AvgIpc) is 2.12. The molecule has 0 spiro atoms. The van der Waals surface area contributed by atoms with E-state index in [1.807, 2.05) is 27.7 Å². The highest BCUT2D eigenvalue weighted by atomic mass is 35.5. The molecule has 0 saturated carbocycles. The number of nitrogens with one attached hydrogen (secondary N) is 2. The summed E-state index contributed by atoms with van der Waals surface area (Å²) in [5.74, 6) is 0.794. The van der Waals surface area contributed by atoms with E-state index in [1.54, 1.807) is 0 Å². The van der Waals surface area contributed by atoms with E-state index in [2.05, 4.69) is 10.6 Å². The van der Waals surface area contributed by atoms with Crippen LogP contribution in [0.3, 0.4) is 0 Å². The van der Waals surface area contributed by atoms with Crippen molar-refractivity contribution < 1.29 is 9.59 Å². The summed E-state index contributed by atoms with van der Waals surface area (Å²) in [5.41, 5.74) is 0. The maximum absolute atomic E-state index is 10.8. The molecule has 0 amide bonds. The summed E-state index contributed by atoms with van der Waals surface area (Å²) in [6.45, 7) is 8.20. The highest BCUT2D eigenvalue weighted by molar-refractivity contribution is 5.85. The van der Waals surface area contributed by atoms with Crippen molar-refractivity contribution in [2.24, 2.45) is 0 Å². The minimum absolute atomic E-state index is 0. The summed E-state index contributed by atoms with van der Waals surface area (Å²) in [6, 6.07) is 1.56. The van der Waals surface area contributed by atoms with Gasteiger partial charge in [-0.3, -0.25) is 9.59 Å². The molecule has 2 N–H and O–H groups in total. The van der Waals surface area contributed by atoms with Gasteiger partial charge in [0.2, 0.25) is 0 Å². The molecule has 20 heavy (non-hydrogen) atoms. The molecule has 0 radical (unpaired) electrons. The molecule has 120 valence electrons. The van der Waals surface area contributed by atoms with Crippen LogP contribution in [-0.4, -0.2) is 35.7 Å². The smallest absolute Gasteiger partial charge is 0.135 e. The molecule has 0 aliphatic carbocycles. The maximum atomic E-state index is 10.8. The lowest BCUT2D eigenvalue weighted by molar-refractivity contribution is -0.122. The van der Waals surface area contributed by atoms with Crippen molar-refractivity contribution in [2.75, 3.05) is 0 Å². The molecule has 2 saturated heterocycles.